The summed E-state index contributed by atoms with van der Waals surface area (Å²) < 4.78 is 7.67. The molecule has 30 heavy (non-hydrogen) atoms. The summed E-state index contributed by atoms with van der Waals surface area (Å²) in [4.78, 5) is 23.0. The summed E-state index contributed by atoms with van der Waals surface area (Å²) in [5, 5.41) is 1.96. The number of piperidine rings is 1. The van der Waals surface area contributed by atoms with Crippen molar-refractivity contribution in [3.05, 3.63) is 58.7 Å². The fourth-order valence-electron chi connectivity index (χ4n) is 4.84. The molecule has 1 spiro atoms. The van der Waals surface area contributed by atoms with Crippen molar-refractivity contribution >= 4 is 17.2 Å². The third-order valence-electron chi connectivity index (χ3n) is 6.66. The third kappa shape index (κ3) is 3.04. The molecule has 0 N–H and O–H groups in total. The van der Waals surface area contributed by atoms with E-state index in [2.05, 4.69) is 28.6 Å². The average molecular weight is 423 g/mol. The van der Waals surface area contributed by atoms with Gasteiger partial charge >= 0.3 is 0 Å². The summed E-state index contributed by atoms with van der Waals surface area (Å²) in [5.41, 5.74) is 2.19. The lowest BCUT2D eigenvalue weighted by molar-refractivity contribution is 0.0103. The van der Waals surface area contributed by atoms with E-state index in [1.807, 2.05) is 40.7 Å². The molecule has 2 aliphatic rings. The number of carbonyl (C=O) groups excluding carboxylic acids is 1. The Bertz CT molecular complexity index is 1030. The summed E-state index contributed by atoms with van der Waals surface area (Å²) in [6.07, 6.45) is 3.81. The van der Waals surface area contributed by atoms with Gasteiger partial charge in [-0.05, 0) is 55.6 Å². The zero-order chi connectivity index (χ0) is 20.7. The summed E-state index contributed by atoms with van der Waals surface area (Å²) in [7, 11) is 3.88. The fourth-order valence-corrected chi connectivity index (χ4v) is 5.53. The maximum absolute atomic E-state index is 12.8. The van der Waals surface area contributed by atoms with Crippen molar-refractivity contribution < 1.29 is 9.53 Å². The number of rotatable bonds is 3. The van der Waals surface area contributed by atoms with Crippen molar-refractivity contribution in [2.45, 2.75) is 24.9 Å². The van der Waals surface area contributed by atoms with Crippen LogP contribution in [-0.4, -0.2) is 59.0 Å². The van der Waals surface area contributed by atoms with Crippen molar-refractivity contribution in [1.82, 2.24) is 19.4 Å². The van der Waals surface area contributed by atoms with Crippen molar-refractivity contribution in [2.24, 2.45) is 0 Å². The number of nitrogens with zero attached hydrogens (tertiary/aromatic N) is 4. The number of benzene rings is 1. The van der Waals surface area contributed by atoms with Crippen LogP contribution in [0.4, 0.5) is 0 Å². The predicted octanol–water partition coefficient (Wildman–Crippen LogP) is 3.70. The molecule has 1 amide bonds. The Morgan fingerprint density at radius 2 is 1.87 bits per heavy atom. The number of imidazole rings is 1. The molecular weight excluding hydrogens is 396 g/mol. The quantitative estimate of drug-likeness (QED) is 0.646. The van der Waals surface area contributed by atoms with Gasteiger partial charge < -0.3 is 14.2 Å². The molecule has 5 rings (SSSR count). The largest absolute Gasteiger partial charge is 0.497 e. The highest BCUT2D eigenvalue weighted by molar-refractivity contribution is 7.12. The first kappa shape index (κ1) is 19.3. The van der Waals surface area contributed by atoms with Crippen LogP contribution in [0.15, 0.2) is 48.0 Å². The highest BCUT2D eigenvalue weighted by Gasteiger charge is 2.46. The first-order valence-corrected chi connectivity index (χ1v) is 11.2. The van der Waals surface area contributed by atoms with Crippen LogP contribution in [0.1, 0.15) is 28.3 Å². The fraction of sp³-hybridized carbons (Fsp3) is 0.391. The first-order chi connectivity index (χ1) is 14.6. The van der Waals surface area contributed by atoms with E-state index in [1.54, 1.807) is 7.11 Å². The Morgan fingerprint density at radius 1 is 1.10 bits per heavy atom. The standard InChI is InChI=1S/C23H26N4O2S/c1-25-13-14-27-19(17-5-7-18(29-2)8-6-17)16-24-22(27)23(25)9-11-26(12-10-23)21(28)20-4-3-15-30-20/h3-8,15-16H,9-14H2,1-2H3. The van der Waals surface area contributed by atoms with Crippen LogP contribution in [0.5, 0.6) is 5.75 Å². The molecule has 1 aromatic carbocycles. The first-order valence-electron chi connectivity index (χ1n) is 10.4. The van der Waals surface area contributed by atoms with Gasteiger partial charge in [0.05, 0.1) is 29.4 Å². The number of ether oxygens (including phenoxy) is 1. The van der Waals surface area contributed by atoms with E-state index >= 15 is 0 Å². The number of hydrogen-bond donors (Lipinski definition) is 0. The molecule has 2 aliphatic heterocycles. The Labute approximate surface area is 180 Å². The number of amides is 1. The SMILES string of the molecule is COc1ccc(-c2cnc3n2CCN(C)C32CCN(C(=O)c3cccs3)CC2)cc1. The molecule has 0 bridgehead atoms. The van der Waals surface area contributed by atoms with E-state index in [1.165, 1.54) is 11.3 Å². The van der Waals surface area contributed by atoms with Crippen molar-refractivity contribution in [3.8, 4) is 17.0 Å². The summed E-state index contributed by atoms with van der Waals surface area (Å²) in [6, 6.07) is 12.0. The van der Waals surface area contributed by atoms with E-state index in [0.717, 1.165) is 66.7 Å². The van der Waals surface area contributed by atoms with Gasteiger partial charge in [-0.15, -0.1) is 11.3 Å². The number of carbonyl (C=O) groups is 1. The number of likely N-dealkylation sites (tertiary alicyclic amines) is 1. The zero-order valence-corrected chi connectivity index (χ0v) is 18.2. The lowest BCUT2D eigenvalue weighted by Gasteiger charge is -2.49. The highest BCUT2D eigenvalue weighted by atomic mass is 32.1. The number of methoxy groups -OCH3 is 1. The van der Waals surface area contributed by atoms with E-state index in [4.69, 9.17) is 9.72 Å². The second kappa shape index (κ2) is 7.56. The number of hydrogen-bond acceptors (Lipinski definition) is 5. The van der Waals surface area contributed by atoms with E-state index in [9.17, 15) is 4.79 Å². The minimum atomic E-state index is -0.116. The minimum Gasteiger partial charge on any atom is -0.497 e. The number of likely N-dealkylation sites (N-methyl/N-ethyl adjacent to an activating group) is 1. The smallest absolute Gasteiger partial charge is 0.263 e. The average Bonchev–Trinajstić information content (AvgIpc) is 3.47. The van der Waals surface area contributed by atoms with Crippen LogP contribution in [0.3, 0.4) is 0 Å². The molecule has 1 saturated heterocycles. The summed E-state index contributed by atoms with van der Waals surface area (Å²) in [6.45, 7) is 3.41. The Hall–Kier alpha value is -2.64. The number of thiophene rings is 1. The molecule has 3 aromatic rings. The Kier molecular flexibility index (Phi) is 4.87. The van der Waals surface area contributed by atoms with Crippen LogP contribution >= 0.6 is 11.3 Å². The van der Waals surface area contributed by atoms with Gasteiger partial charge in [-0.3, -0.25) is 9.69 Å². The topological polar surface area (TPSA) is 50.6 Å². The monoisotopic (exact) mass is 422 g/mol. The van der Waals surface area contributed by atoms with Crippen LogP contribution < -0.4 is 4.74 Å². The van der Waals surface area contributed by atoms with Gasteiger partial charge in [-0.1, -0.05) is 6.07 Å². The van der Waals surface area contributed by atoms with Gasteiger partial charge in [-0.25, -0.2) is 4.98 Å². The van der Waals surface area contributed by atoms with E-state index in [0.29, 0.717) is 0 Å². The second-order valence-corrected chi connectivity index (χ2v) is 9.02. The molecule has 4 heterocycles. The van der Waals surface area contributed by atoms with E-state index in [-0.39, 0.29) is 11.4 Å². The number of aromatic nitrogens is 2. The molecule has 1 fully saturated rings. The maximum Gasteiger partial charge on any atom is 0.263 e. The molecule has 0 unspecified atom stereocenters. The Balaban J connectivity index is 1.42. The molecule has 0 aliphatic carbocycles. The maximum atomic E-state index is 12.8. The molecule has 0 radical (unpaired) electrons. The predicted molar refractivity (Wildman–Crippen MR) is 118 cm³/mol. The molecule has 6 nitrogen and oxygen atoms in total. The highest BCUT2D eigenvalue weighted by Crippen LogP contribution is 2.42. The Morgan fingerprint density at radius 3 is 2.53 bits per heavy atom. The lowest BCUT2D eigenvalue weighted by Crippen LogP contribution is -2.57. The molecule has 0 saturated carbocycles. The van der Waals surface area contributed by atoms with Gasteiger partial charge in [0.2, 0.25) is 0 Å². The van der Waals surface area contributed by atoms with Crippen LogP contribution in [0.25, 0.3) is 11.3 Å². The summed E-state index contributed by atoms with van der Waals surface area (Å²) in [5.74, 6) is 2.14. The molecule has 7 heteroatoms. The van der Waals surface area contributed by atoms with Gasteiger partial charge in [-0.2, -0.15) is 0 Å². The molecule has 2 aromatic heterocycles. The minimum absolute atomic E-state index is 0.116. The third-order valence-corrected chi connectivity index (χ3v) is 7.51. The van der Waals surface area contributed by atoms with Crippen LogP contribution in [0, 0.1) is 0 Å². The van der Waals surface area contributed by atoms with Gasteiger partial charge in [0, 0.05) is 31.7 Å². The van der Waals surface area contributed by atoms with Gasteiger partial charge in [0.15, 0.2) is 0 Å². The zero-order valence-electron chi connectivity index (χ0n) is 17.4. The van der Waals surface area contributed by atoms with Gasteiger partial charge in [0.25, 0.3) is 5.91 Å². The summed E-state index contributed by atoms with van der Waals surface area (Å²) >= 11 is 1.52. The van der Waals surface area contributed by atoms with Gasteiger partial charge in [0.1, 0.15) is 11.6 Å². The van der Waals surface area contributed by atoms with Crippen LogP contribution in [0.2, 0.25) is 0 Å². The molecular formula is C23H26N4O2S. The van der Waals surface area contributed by atoms with Crippen molar-refractivity contribution in [3.63, 3.8) is 0 Å². The number of fused-ring (bicyclic) bond motifs is 2. The van der Waals surface area contributed by atoms with E-state index < -0.39 is 0 Å². The normalized spacial score (nSPS) is 18.4. The van der Waals surface area contributed by atoms with Crippen molar-refractivity contribution in [2.75, 3.05) is 33.8 Å². The lowest BCUT2D eigenvalue weighted by atomic mass is 9.83. The second-order valence-electron chi connectivity index (χ2n) is 8.07. The molecule has 156 valence electrons. The van der Waals surface area contributed by atoms with Crippen molar-refractivity contribution in [1.29, 1.82) is 0 Å². The van der Waals surface area contributed by atoms with Crippen LogP contribution in [-0.2, 0) is 12.1 Å². The molecule has 0 atom stereocenters.